The first-order valence-electron chi connectivity index (χ1n) is 0. The average molecular weight is 542 g/mol. The topological polar surface area (TPSA) is 85.5 Å². The fourth-order valence-electron chi connectivity index (χ4n) is 0. The molecule has 0 fully saturated rings. The molecule has 0 aromatic carbocycles. The van der Waals surface area contributed by atoms with Gasteiger partial charge in [0.1, 0.15) is 0 Å². The van der Waals surface area contributed by atoms with Crippen LogP contribution in [0.1, 0.15) is 0 Å². The fourth-order valence-corrected chi connectivity index (χ4v) is 0. The maximum atomic E-state index is 0. The minimum absolute atomic E-state index is 0. The van der Waals surface area contributed by atoms with Crippen LogP contribution in [0.2, 0.25) is 0 Å². The molecule has 36 valence electrons. The maximum absolute atomic E-state index is 0. The zero-order valence-electron chi connectivity index (χ0n) is 1.89. The molecule has 0 spiro atoms. The SMILES string of the molecule is [Bk+3].[Bk+3].[O-2].[O-2].[O-2]. The molecule has 3 nitrogen and oxygen atoms in total. The van der Waals surface area contributed by atoms with E-state index in [-0.39, 0.29) is 16.4 Å². The second-order valence-corrected chi connectivity index (χ2v) is 0. The first-order chi connectivity index (χ1) is 0. The molecule has 0 atom stereocenters. The standard InChI is InChI=1S/2Bk.3O/q2*+3;3*-2. The van der Waals surface area contributed by atoms with Crippen molar-refractivity contribution in [3.05, 3.63) is 0 Å². The Balaban J connectivity index is 0. The third kappa shape index (κ3) is 0.00602. The molecule has 0 bridgehead atoms. The van der Waals surface area contributed by atoms with Gasteiger partial charge in [-0.2, -0.15) is 0 Å². The normalized spacial score (nSPS) is 0. The maximum Gasteiger partial charge on any atom is 3.00 e. The Bertz CT molecular complexity index is 4.85. The summed E-state index contributed by atoms with van der Waals surface area (Å²) in [7, 11) is 0. The van der Waals surface area contributed by atoms with Gasteiger partial charge in [0.25, 0.3) is 0 Å². The fraction of sp³-hybridized carbons (Fsp3) is 0. The summed E-state index contributed by atoms with van der Waals surface area (Å²) >= 11 is 0. The molecule has 5 heavy (non-hydrogen) atoms. The third-order valence-corrected chi connectivity index (χ3v) is 0. The summed E-state index contributed by atoms with van der Waals surface area (Å²) in [5, 5.41) is 0. The summed E-state index contributed by atoms with van der Waals surface area (Å²) in [5.74, 6) is 0. The molecule has 0 radical (unpaired) electrons. The first-order valence-corrected chi connectivity index (χ1v) is 0. The van der Waals surface area contributed by atoms with E-state index in [0.717, 1.165) is 0 Å². The number of hydrogen-bond acceptors (Lipinski definition) is 0. The van der Waals surface area contributed by atoms with Gasteiger partial charge in [0, 0.05) is 0 Å². The van der Waals surface area contributed by atoms with Crippen LogP contribution >= 0.6 is 0 Å². The zero-order chi connectivity index (χ0) is 0. The van der Waals surface area contributed by atoms with E-state index in [1.54, 1.807) is 0 Å². The quantitative estimate of drug-likeness (QED) is 0.401. The summed E-state index contributed by atoms with van der Waals surface area (Å²) in [4.78, 5) is 0. The van der Waals surface area contributed by atoms with E-state index in [2.05, 4.69) is 0 Å². The van der Waals surface area contributed by atoms with Gasteiger partial charge >= 0.3 is 0 Å². The van der Waals surface area contributed by atoms with Crippen LogP contribution < -0.4 is 0 Å². The van der Waals surface area contributed by atoms with Gasteiger partial charge in [-0.3, -0.25) is 0 Å². The van der Waals surface area contributed by atoms with Crippen LogP contribution in [-0.4, -0.2) is 0 Å². The van der Waals surface area contributed by atoms with E-state index in [4.69, 9.17) is 0 Å². The van der Waals surface area contributed by atoms with Crippen molar-refractivity contribution < 1.29 is 16.4 Å². The van der Waals surface area contributed by atoms with E-state index in [0.29, 0.717) is 0 Å². The van der Waals surface area contributed by atoms with Crippen LogP contribution in [0, 0.1) is 0 Å². The van der Waals surface area contributed by atoms with E-state index in [9.17, 15) is 0 Å². The van der Waals surface area contributed by atoms with Gasteiger partial charge in [-0.1, -0.05) is 0 Å². The van der Waals surface area contributed by atoms with Gasteiger partial charge in [0.15, 0.2) is 0 Å². The number of rotatable bonds is 0. The van der Waals surface area contributed by atoms with E-state index >= 15 is 0 Å². The van der Waals surface area contributed by atoms with Crippen LogP contribution in [-0.2, 0) is 16.4 Å². The van der Waals surface area contributed by atoms with Crippen LogP contribution in [0.15, 0.2) is 0 Å². The first kappa shape index (κ1) is 2.26. The predicted octanol–water partition coefficient (Wildman–Crippen LogP) is -0.356. The minimum Gasteiger partial charge on any atom is -2.00 e. The largest absolute Gasteiger partial charge is 3.00 e. The Labute approximate surface area is 17.8 Å². The van der Waals surface area contributed by atoms with Crippen LogP contribution in [0.5, 0.6) is 0 Å². The van der Waals surface area contributed by atoms with Crippen molar-refractivity contribution in [1.82, 2.24) is 0 Å². The number of hydrogen-bond donors (Lipinski definition) is 0. The molecule has 0 rings (SSSR count). The Morgan fingerprint density at radius 1 is 0.400 bits per heavy atom. The summed E-state index contributed by atoms with van der Waals surface area (Å²) in [6.45, 7) is 0. The average Bonchev–Trinajstić information content (AvgIpc) is 0. The third-order valence-electron chi connectivity index (χ3n) is 0. The van der Waals surface area contributed by atoms with Gasteiger partial charge in [-0.25, -0.2) is 0 Å². The second kappa shape index (κ2) is 0.324. The van der Waals surface area contributed by atoms with Crippen LogP contribution in [0.4, 0.5) is 0 Å². The monoisotopic (exact) mass is 542 g/mol. The smallest absolute Gasteiger partial charge is 2.00 e. The molecule has 0 saturated carbocycles. The van der Waals surface area contributed by atoms with Crippen molar-refractivity contribution in [3.63, 3.8) is 0 Å². The molecule has 0 saturated heterocycles. The molecule has 0 aromatic heterocycles. The van der Waals surface area contributed by atoms with Crippen molar-refractivity contribution in [2.24, 2.45) is 0 Å². The van der Waals surface area contributed by atoms with Crippen molar-refractivity contribution in [2.45, 2.75) is 0 Å². The van der Waals surface area contributed by atoms with E-state index in [1.807, 2.05) is 0 Å². The van der Waals surface area contributed by atoms with Crippen molar-refractivity contribution in [3.8, 4) is 0 Å². The summed E-state index contributed by atoms with van der Waals surface area (Å²) in [5.41, 5.74) is 0. The van der Waals surface area contributed by atoms with Gasteiger partial charge < -0.3 is 16.4 Å². The summed E-state index contributed by atoms with van der Waals surface area (Å²) < 4.78 is 0. The zero-order valence-corrected chi connectivity index (χ0v) is 7.44. The molecule has 0 N–H and O–H groups in total. The molecule has 0 unspecified atom stereocenters. The summed E-state index contributed by atoms with van der Waals surface area (Å²) in [6, 6.07) is 0. The van der Waals surface area contributed by atoms with Crippen LogP contribution in [0.25, 0.3) is 0 Å². The van der Waals surface area contributed by atoms with E-state index < -0.39 is 0 Å². The molecule has 5 heteroatoms. The van der Waals surface area contributed by atoms with E-state index in [1.165, 1.54) is 0 Å². The van der Waals surface area contributed by atoms with Gasteiger partial charge in [-0.15, -0.1) is 0 Å². The summed E-state index contributed by atoms with van der Waals surface area (Å²) in [6.07, 6.45) is 0. The molecule has 0 aliphatic carbocycles. The van der Waals surface area contributed by atoms with Crippen LogP contribution in [0.3, 0.4) is 0 Å². The van der Waals surface area contributed by atoms with Gasteiger partial charge in [-0.05, 0) is 0 Å². The van der Waals surface area contributed by atoms with Crippen molar-refractivity contribution >= 4 is 0 Å². The second-order valence-electron chi connectivity index (χ2n) is 0. The Kier molecular flexibility index (Phi) is 0.147. The van der Waals surface area contributed by atoms with Crippen molar-refractivity contribution in [2.75, 3.05) is 0 Å². The Morgan fingerprint density at radius 3 is 0.400 bits per heavy atom. The Hall–Kier alpha value is -2.12. The molecule has 0 aliphatic rings. The Morgan fingerprint density at radius 2 is 0.400 bits per heavy atom. The molecule has 0 aromatic rings. The molecular weight excluding hydrogens is 542 g/mol. The molecule has 0 amide bonds. The predicted molar refractivity (Wildman–Crippen MR) is 2.06 cm³/mol. The molecule has 0 aliphatic heterocycles. The van der Waals surface area contributed by atoms with Crippen molar-refractivity contribution in [1.29, 1.82) is 0 Å². The molecular formula is Bk2O3. The molecule has 0 heterocycles. The van der Waals surface area contributed by atoms with Gasteiger partial charge in [0.2, 0.25) is 0 Å². The van der Waals surface area contributed by atoms with Gasteiger partial charge in [0.05, 0.1) is 0 Å². The minimum atomic E-state index is 0.